The molecule has 1 atom stereocenters. The highest BCUT2D eigenvalue weighted by Gasteiger charge is 2.46. The van der Waals surface area contributed by atoms with Crippen molar-refractivity contribution in [2.75, 3.05) is 17.8 Å². The minimum atomic E-state index is -5.18. The van der Waals surface area contributed by atoms with Crippen molar-refractivity contribution in [1.29, 1.82) is 0 Å². The number of methoxy groups -OCH3 is 1. The molecule has 0 unspecified atom stereocenters. The molecule has 1 amide bonds. The van der Waals surface area contributed by atoms with Gasteiger partial charge in [0.05, 0.1) is 24.5 Å². The molecule has 0 radical (unpaired) electrons. The van der Waals surface area contributed by atoms with Gasteiger partial charge in [-0.25, -0.2) is 13.2 Å². The minimum Gasteiger partial charge on any atom is -0.465 e. The maximum atomic E-state index is 12.9. The first kappa shape index (κ1) is 18.0. The molecule has 0 aliphatic carbocycles. The van der Waals surface area contributed by atoms with Crippen molar-refractivity contribution in [1.82, 2.24) is 0 Å². The molecule has 0 saturated carbocycles. The SMILES string of the molecule is COC(=O)c1ccc(N(C(=O)C(F)(F)F)[C@@H]2C=CS(=O)(=O)C2)cc1. The van der Waals surface area contributed by atoms with Crippen LogP contribution in [0.4, 0.5) is 18.9 Å². The summed E-state index contributed by atoms with van der Waals surface area (Å²) in [6.45, 7) is 0. The van der Waals surface area contributed by atoms with E-state index in [0.29, 0.717) is 4.90 Å². The zero-order chi connectivity index (χ0) is 18.1. The molecule has 0 spiro atoms. The van der Waals surface area contributed by atoms with Crippen molar-refractivity contribution in [3.63, 3.8) is 0 Å². The molecule has 1 aliphatic heterocycles. The summed E-state index contributed by atoms with van der Waals surface area (Å²) in [6, 6.07) is 3.33. The molecular formula is C14H12F3NO5S. The third kappa shape index (κ3) is 3.75. The number of hydrogen-bond acceptors (Lipinski definition) is 5. The van der Waals surface area contributed by atoms with Crippen LogP contribution < -0.4 is 4.90 Å². The van der Waals surface area contributed by atoms with Crippen LogP contribution in [-0.2, 0) is 19.4 Å². The van der Waals surface area contributed by atoms with Crippen LogP contribution in [0.25, 0.3) is 0 Å². The van der Waals surface area contributed by atoms with E-state index in [1.165, 1.54) is 12.1 Å². The number of halogens is 3. The molecule has 130 valence electrons. The predicted molar refractivity (Wildman–Crippen MR) is 78.0 cm³/mol. The van der Waals surface area contributed by atoms with Gasteiger partial charge in [-0.2, -0.15) is 13.2 Å². The summed E-state index contributed by atoms with van der Waals surface area (Å²) >= 11 is 0. The van der Waals surface area contributed by atoms with Gasteiger partial charge < -0.3 is 4.74 Å². The average molecular weight is 363 g/mol. The molecule has 1 aromatic rings. The number of esters is 1. The molecule has 0 saturated heterocycles. The summed E-state index contributed by atoms with van der Waals surface area (Å²) in [7, 11) is -2.53. The van der Waals surface area contributed by atoms with Crippen molar-refractivity contribution in [3.05, 3.63) is 41.3 Å². The van der Waals surface area contributed by atoms with Gasteiger partial charge >= 0.3 is 18.1 Å². The molecule has 10 heteroatoms. The van der Waals surface area contributed by atoms with Crippen LogP contribution in [0.2, 0.25) is 0 Å². The van der Waals surface area contributed by atoms with Crippen LogP contribution in [0.15, 0.2) is 35.7 Å². The molecule has 1 aromatic carbocycles. The first-order valence-electron chi connectivity index (χ1n) is 6.55. The van der Waals surface area contributed by atoms with Gasteiger partial charge in [0.25, 0.3) is 0 Å². The molecule has 24 heavy (non-hydrogen) atoms. The van der Waals surface area contributed by atoms with E-state index in [2.05, 4.69) is 4.74 Å². The number of anilines is 1. The first-order valence-corrected chi connectivity index (χ1v) is 8.26. The van der Waals surface area contributed by atoms with Gasteiger partial charge in [-0.05, 0) is 30.3 Å². The van der Waals surface area contributed by atoms with Crippen LogP contribution in [0.1, 0.15) is 10.4 Å². The van der Waals surface area contributed by atoms with Crippen molar-refractivity contribution in [2.45, 2.75) is 12.2 Å². The Morgan fingerprint density at radius 1 is 1.21 bits per heavy atom. The Morgan fingerprint density at radius 2 is 1.79 bits per heavy atom. The lowest BCUT2D eigenvalue weighted by Gasteiger charge is -2.28. The monoisotopic (exact) mass is 363 g/mol. The maximum absolute atomic E-state index is 12.9. The summed E-state index contributed by atoms with van der Waals surface area (Å²) < 4.78 is 66.0. The van der Waals surface area contributed by atoms with Crippen molar-refractivity contribution >= 4 is 27.4 Å². The fraction of sp³-hybridized carbons (Fsp3) is 0.286. The van der Waals surface area contributed by atoms with Gasteiger partial charge in [0.2, 0.25) is 0 Å². The number of amides is 1. The van der Waals surface area contributed by atoms with E-state index in [1.807, 2.05) is 0 Å². The molecule has 2 rings (SSSR count). The van der Waals surface area contributed by atoms with Crippen LogP contribution in [0.5, 0.6) is 0 Å². The number of benzene rings is 1. The van der Waals surface area contributed by atoms with E-state index >= 15 is 0 Å². The van der Waals surface area contributed by atoms with Crippen LogP contribution in [0.3, 0.4) is 0 Å². The number of hydrogen-bond donors (Lipinski definition) is 0. The van der Waals surface area contributed by atoms with E-state index in [-0.39, 0.29) is 11.3 Å². The summed E-state index contributed by atoms with van der Waals surface area (Å²) in [6.07, 6.45) is -4.16. The third-order valence-corrected chi connectivity index (χ3v) is 4.65. The quantitative estimate of drug-likeness (QED) is 0.764. The molecule has 1 aliphatic rings. The fourth-order valence-electron chi connectivity index (χ4n) is 2.19. The van der Waals surface area contributed by atoms with E-state index in [4.69, 9.17) is 0 Å². The molecule has 0 bridgehead atoms. The molecule has 6 nitrogen and oxygen atoms in total. The summed E-state index contributed by atoms with van der Waals surface area (Å²) in [5.41, 5.74) is -0.105. The van der Waals surface area contributed by atoms with Gasteiger partial charge in [0.1, 0.15) is 0 Å². The average Bonchev–Trinajstić information content (AvgIpc) is 2.86. The van der Waals surface area contributed by atoms with E-state index in [0.717, 1.165) is 30.7 Å². The van der Waals surface area contributed by atoms with Crippen molar-refractivity contribution in [3.8, 4) is 0 Å². The summed E-state index contributed by atoms with van der Waals surface area (Å²) in [5, 5.41) is 0.775. The Labute approximate surface area is 135 Å². The van der Waals surface area contributed by atoms with Gasteiger partial charge in [-0.3, -0.25) is 9.69 Å². The zero-order valence-electron chi connectivity index (χ0n) is 12.3. The van der Waals surface area contributed by atoms with Gasteiger partial charge in [-0.15, -0.1) is 0 Å². The number of carbonyl (C=O) groups is 2. The molecular weight excluding hydrogens is 351 g/mol. The van der Waals surface area contributed by atoms with Crippen molar-refractivity contribution < 1.29 is 35.9 Å². The van der Waals surface area contributed by atoms with Crippen LogP contribution in [-0.4, -0.2) is 45.4 Å². The molecule has 0 fully saturated rings. The second kappa shape index (κ2) is 6.27. The lowest BCUT2D eigenvalue weighted by atomic mass is 10.1. The third-order valence-electron chi connectivity index (χ3n) is 3.27. The van der Waals surface area contributed by atoms with Crippen molar-refractivity contribution in [2.24, 2.45) is 0 Å². The number of carbonyl (C=O) groups excluding carboxylic acids is 2. The molecule has 0 aromatic heterocycles. The number of rotatable bonds is 3. The minimum absolute atomic E-state index is 0.0789. The number of ether oxygens (including phenoxy) is 1. The largest absolute Gasteiger partial charge is 0.471 e. The maximum Gasteiger partial charge on any atom is 0.471 e. The zero-order valence-corrected chi connectivity index (χ0v) is 13.1. The normalized spacial score (nSPS) is 19.1. The Kier molecular flexibility index (Phi) is 4.70. The molecule has 1 heterocycles. The second-order valence-electron chi connectivity index (χ2n) is 4.94. The highest BCUT2D eigenvalue weighted by Crippen LogP contribution is 2.29. The standard InChI is InChI=1S/C14H12F3NO5S/c1-23-12(19)9-2-4-10(5-3-9)18(13(20)14(15,16)17)11-6-7-24(21,22)8-11/h2-7,11H,8H2,1H3/t11-/m1/s1. The number of alkyl halides is 3. The lowest BCUT2D eigenvalue weighted by Crippen LogP contribution is -2.47. The highest BCUT2D eigenvalue weighted by atomic mass is 32.2. The van der Waals surface area contributed by atoms with E-state index in [9.17, 15) is 31.2 Å². The summed E-state index contributed by atoms with van der Waals surface area (Å²) in [5.74, 6) is -3.54. The Hall–Kier alpha value is -2.36. The Balaban J connectivity index is 2.42. The Bertz CT molecular complexity index is 784. The van der Waals surface area contributed by atoms with Crippen LogP contribution >= 0.6 is 0 Å². The molecule has 0 N–H and O–H groups in total. The van der Waals surface area contributed by atoms with Gasteiger partial charge in [0.15, 0.2) is 9.84 Å². The number of sulfone groups is 1. The summed E-state index contributed by atoms with van der Waals surface area (Å²) in [4.78, 5) is 23.4. The van der Waals surface area contributed by atoms with E-state index in [1.54, 1.807) is 0 Å². The Morgan fingerprint density at radius 3 is 2.21 bits per heavy atom. The number of nitrogens with zero attached hydrogens (tertiary/aromatic N) is 1. The van der Waals surface area contributed by atoms with Crippen LogP contribution in [0, 0.1) is 0 Å². The second-order valence-corrected chi connectivity index (χ2v) is 6.87. The van der Waals surface area contributed by atoms with E-state index < -0.39 is 39.7 Å². The first-order chi connectivity index (χ1) is 11.0. The van der Waals surface area contributed by atoms with Gasteiger partial charge in [-0.1, -0.05) is 0 Å². The highest BCUT2D eigenvalue weighted by molar-refractivity contribution is 7.94. The predicted octanol–water partition coefficient (Wildman–Crippen LogP) is 1.68. The van der Waals surface area contributed by atoms with Gasteiger partial charge in [0, 0.05) is 11.1 Å². The lowest BCUT2D eigenvalue weighted by molar-refractivity contribution is -0.170. The topological polar surface area (TPSA) is 80.8 Å². The fourth-order valence-corrected chi connectivity index (χ4v) is 3.46. The smallest absolute Gasteiger partial charge is 0.465 e.